The Morgan fingerprint density at radius 1 is 1.47 bits per heavy atom. The minimum Gasteiger partial charge on any atom is -0.389 e. The van der Waals surface area contributed by atoms with Crippen LogP contribution in [0, 0.1) is 5.92 Å². The van der Waals surface area contributed by atoms with E-state index in [-0.39, 0.29) is 11.8 Å². The molecule has 1 amide bonds. The first-order chi connectivity index (χ1) is 9.10. The van der Waals surface area contributed by atoms with Gasteiger partial charge in [-0.3, -0.25) is 4.79 Å². The second kappa shape index (κ2) is 5.19. The molecule has 1 aliphatic carbocycles. The van der Waals surface area contributed by atoms with Crippen molar-refractivity contribution < 1.29 is 9.90 Å². The summed E-state index contributed by atoms with van der Waals surface area (Å²) in [7, 11) is 0. The molecular formula is C14H18BrNO2S. The highest BCUT2D eigenvalue weighted by Crippen LogP contribution is 2.40. The van der Waals surface area contributed by atoms with Crippen LogP contribution in [0.2, 0.25) is 0 Å². The van der Waals surface area contributed by atoms with Crippen LogP contribution in [0.25, 0.3) is 0 Å². The van der Waals surface area contributed by atoms with E-state index >= 15 is 0 Å². The van der Waals surface area contributed by atoms with E-state index in [1.165, 1.54) is 17.8 Å². The molecule has 2 aliphatic rings. The molecule has 1 saturated heterocycles. The van der Waals surface area contributed by atoms with Crippen molar-refractivity contribution in [2.24, 2.45) is 5.92 Å². The van der Waals surface area contributed by atoms with Crippen LogP contribution in [-0.2, 0) is 0 Å². The standard InChI is InChI=1S/C14H18BrNO2S/c15-11-4-8-19-12(11)13(17)16-7-6-14(18)5-2-1-3-10(14)9-16/h4,8,10,18H,1-3,5-7,9H2. The molecule has 2 unspecified atom stereocenters. The van der Waals surface area contributed by atoms with Gasteiger partial charge in [0.05, 0.1) is 5.60 Å². The van der Waals surface area contributed by atoms with Gasteiger partial charge in [-0.1, -0.05) is 12.8 Å². The zero-order chi connectivity index (χ0) is 13.5. The second-order valence-electron chi connectivity index (χ2n) is 5.65. The molecule has 1 aliphatic heterocycles. The molecule has 2 fully saturated rings. The number of nitrogens with zero attached hydrogens (tertiary/aromatic N) is 1. The maximum absolute atomic E-state index is 12.5. The monoisotopic (exact) mass is 343 g/mol. The lowest BCUT2D eigenvalue weighted by Crippen LogP contribution is -2.54. The van der Waals surface area contributed by atoms with Gasteiger partial charge in [0.25, 0.3) is 5.91 Å². The third kappa shape index (κ3) is 2.48. The van der Waals surface area contributed by atoms with E-state index in [0.29, 0.717) is 13.1 Å². The molecule has 0 spiro atoms. The van der Waals surface area contributed by atoms with E-state index in [1.807, 2.05) is 16.3 Å². The smallest absolute Gasteiger partial charge is 0.265 e. The number of halogens is 1. The Morgan fingerprint density at radius 2 is 2.32 bits per heavy atom. The molecular weight excluding hydrogens is 326 g/mol. The van der Waals surface area contributed by atoms with Crippen molar-refractivity contribution in [2.75, 3.05) is 13.1 Å². The lowest BCUT2D eigenvalue weighted by Gasteiger charge is -2.47. The van der Waals surface area contributed by atoms with E-state index in [9.17, 15) is 9.90 Å². The molecule has 2 atom stereocenters. The van der Waals surface area contributed by atoms with Crippen LogP contribution in [0.15, 0.2) is 15.9 Å². The van der Waals surface area contributed by atoms with E-state index in [2.05, 4.69) is 15.9 Å². The number of thiophene rings is 1. The fourth-order valence-electron chi connectivity index (χ4n) is 3.35. The topological polar surface area (TPSA) is 40.5 Å². The van der Waals surface area contributed by atoms with Crippen molar-refractivity contribution in [3.63, 3.8) is 0 Å². The van der Waals surface area contributed by atoms with Gasteiger partial charge in [0, 0.05) is 23.5 Å². The number of carbonyl (C=O) groups is 1. The molecule has 3 nitrogen and oxygen atoms in total. The summed E-state index contributed by atoms with van der Waals surface area (Å²) in [5.74, 6) is 0.368. The highest BCUT2D eigenvalue weighted by atomic mass is 79.9. The Labute approximate surface area is 125 Å². The fraction of sp³-hybridized carbons (Fsp3) is 0.643. The van der Waals surface area contributed by atoms with Gasteiger partial charge in [0.15, 0.2) is 0 Å². The molecule has 2 heterocycles. The van der Waals surface area contributed by atoms with Gasteiger partial charge in [-0.15, -0.1) is 11.3 Å². The van der Waals surface area contributed by atoms with Crippen LogP contribution in [0.4, 0.5) is 0 Å². The summed E-state index contributed by atoms with van der Waals surface area (Å²) in [6.07, 6.45) is 4.98. The third-order valence-corrected chi connectivity index (χ3v) is 6.35. The summed E-state index contributed by atoms with van der Waals surface area (Å²) in [6, 6.07) is 1.92. The van der Waals surface area contributed by atoms with Crippen LogP contribution in [0.1, 0.15) is 41.8 Å². The summed E-state index contributed by atoms with van der Waals surface area (Å²) >= 11 is 4.91. The first kappa shape index (κ1) is 13.6. The molecule has 1 aromatic rings. The molecule has 1 N–H and O–H groups in total. The van der Waals surface area contributed by atoms with Crippen LogP contribution >= 0.6 is 27.3 Å². The van der Waals surface area contributed by atoms with Crippen molar-refractivity contribution in [2.45, 2.75) is 37.7 Å². The lowest BCUT2D eigenvalue weighted by molar-refractivity contribution is -0.0885. The average molecular weight is 344 g/mol. The highest BCUT2D eigenvalue weighted by molar-refractivity contribution is 9.10. The number of amides is 1. The normalized spacial score (nSPS) is 31.1. The summed E-state index contributed by atoms with van der Waals surface area (Å²) in [4.78, 5) is 15.2. The van der Waals surface area contributed by atoms with E-state index in [4.69, 9.17) is 0 Å². The van der Waals surface area contributed by atoms with Gasteiger partial charge in [-0.2, -0.15) is 0 Å². The maximum Gasteiger partial charge on any atom is 0.265 e. The minimum absolute atomic E-state index is 0.106. The largest absolute Gasteiger partial charge is 0.389 e. The lowest BCUT2D eigenvalue weighted by atomic mass is 9.71. The van der Waals surface area contributed by atoms with Crippen LogP contribution in [-0.4, -0.2) is 34.6 Å². The van der Waals surface area contributed by atoms with Crippen molar-refractivity contribution in [1.82, 2.24) is 4.90 Å². The third-order valence-electron chi connectivity index (χ3n) is 4.53. The first-order valence-electron chi connectivity index (χ1n) is 6.85. The number of hydrogen-bond donors (Lipinski definition) is 1. The molecule has 0 bridgehead atoms. The Bertz CT molecular complexity index is 490. The molecule has 1 aromatic heterocycles. The predicted molar refractivity (Wildman–Crippen MR) is 79.4 cm³/mol. The van der Waals surface area contributed by atoms with Gasteiger partial charge in [0.1, 0.15) is 4.88 Å². The van der Waals surface area contributed by atoms with Gasteiger partial charge in [0.2, 0.25) is 0 Å². The second-order valence-corrected chi connectivity index (χ2v) is 7.42. The number of fused-ring (bicyclic) bond motifs is 1. The summed E-state index contributed by atoms with van der Waals surface area (Å²) in [5.41, 5.74) is -0.512. The zero-order valence-corrected chi connectivity index (χ0v) is 13.2. The quantitative estimate of drug-likeness (QED) is 0.849. The minimum atomic E-state index is -0.512. The number of carbonyl (C=O) groups excluding carboxylic acids is 1. The molecule has 3 rings (SSSR count). The number of likely N-dealkylation sites (tertiary alicyclic amines) is 1. The van der Waals surface area contributed by atoms with Gasteiger partial charge >= 0.3 is 0 Å². The molecule has 19 heavy (non-hydrogen) atoms. The molecule has 0 radical (unpaired) electrons. The Kier molecular flexibility index (Phi) is 3.71. The Balaban J connectivity index is 1.74. The predicted octanol–water partition coefficient (Wildman–Crippen LogP) is 3.28. The molecule has 104 valence electrons. The van der Waals surface area contributed by atoms with Crippen LogP contribution in [0.5, 0.6) is 0 Å². The number of piperidine rings is 1. The summed E-state index contributed by atoms with van der Waals surface area (Å²) in [6.45, 7) is 1.38. The Hall–Kier alpha value is -0.390. The van der Waals surface area contributed by atoms with Crippen molar-refractivity contribution >= 4 is 33.2 Å². The van der Waals surface area contributed by atoms with E-state index < -0.39 is 5.60 Å². The SMILES string of the molecule is O=C(c1sccc1Br)N1CCC2(O)CCCCC2C1. The summed E-state index contributed by atoms with van der Waals surface area (Å²) < 4.78 is 0.881. The number of hydrogen-bond acceptors (Lipinski definition) is 3. The van der Waals surface area contributed by atoms with Crippen molar-refractivity contribution in [3.05, 3.63) is 20.8 Å². The average Bonchev–Trinajstić information content (AvgIpc) is 2.83. The van der Waals surface area contributed by atoms with Gasteiger partial charge in [-0.25, -0.2) is 0 Å². The van der Waals surface area contributed by atoms with Crippen molar-refractivity contribution in [3.8, 4) is 0 Å². The molecule has 1 saturated carbocycles. The van der Waals surface area contributed by atoms with Gasteiger partial charge < -0.3 is 10.0 Å². The van der Waals surface area contributed by atoms with Gasteiger partial charge in [-0.05, 0) is 46.6 Å². The van der Waals surface area contributed by atoms with E-state index in [1.54, 1.807) is 0 Å². The Morgan fingerprint density at radius 3 is 3.05 bits per heavy atom. The number of rotatable bonds is 1. The zero-order valence-electron chi connectivity index (χ0n) is 10.8. The first-order valence-corrected chi connectivity index (χ1v) is 8.52. The highest BCUT2D eigenvalue weighted by Gasteiger charge is 2.44. The number of aliphatic hydroxyl groups is 1. The molecule has 0 aromatic carbocycles. The van der Waals surface area contributed by atoms with Crippen LogP contribution < -0.4 is 0 Å². The summed E-state index contributed by atoms with van der Waals surface area (Å²) in [5, 5.41) is 12.6. The van der Waals surface area contributed by atoms with Crippen LogP contribution in [0.3, 0.4) is 0 Å². The van der Waals surface area contributed by atoms with Crippen molar-refractivity contribution in [1.29, 1.82) is 0 Å². The van der Waals surface area contributed by atoms with E-state index in [0.717, 1.165) is 35.0 Å². The fourth-order valence-corrected chi connectivity index (χ4v) is 4.85. The molecule has 5 heteroatoms. The maximum atomic E-state index is 12.5.